The van der Waals surface area contributed by atoms with Gasteiger partial charge < -0.3 is 15.0 Å². The Morgan fingerprint density at radius 1 is 1.28 bits per heavy atom. The quantitative estimate of drug-likeness (QED) is 0.925. The maximum Gasteiger partial charge on any atom is 0.224 e. The van der Waals surface area contributed by atoms with Crippen LogP contribution in [0.4, 0.5) is 11.4 Å². The minimum absolute atomic E-state index is 0.0377. The lowest BCUT2D eigenvalue weighted by Gasteiger charge is -2.39. The first-order valence-corrected chi connectivity index (χ1v) is 8.28. The number of anilines is 2. The van der Waals surface area contributed by atoms with Gasteiger partial charge in [0.05, 0.1) is 24.8 Å². The summed E-state index contributed by atoms with van der Waals surface area (Å²) in [6.07, 6.45) is 0.791. The Hall–Kier alpha value is -3.00. The minimum atomic E-state index is 0.0377. The molecule has 0 saturated heterocycles. The number of methoxy groups -OCH3 is 1. The van der Waals surface area contributed by atoms with Crippen LogP contribution in [0.2, 0.25) is 0 Å². The molecule has 0 radical (unpaired) electrons. The van der Waals surface area contributed by atoms with Crippen molar-refractivity contribution in [3.8, 4) is 11.8 Å². The van der Waals surface area contributed by atoms with Crippen LogP contribution in [0.25, 0.3) is 0 Å². The van der Waals surface area contributed by atoms with E-state index in [1.165, 1.54) is 0 Å². The van der Waals surface area contributed by atoms with Crippen LogP contribution in [0.15, 0.2) is 42.5 Å². The summed E-state index contributed by atoms with van der Waals surface area (Å²) in [6, 6.07) is 15.5. The highest BCUT2D eigenvalue weighted by atomic mass is 16.5. The first kappa shape index (κ1) is 16.8. The molecule has 0 fully saturated rings. The molecular formula is C20H21N3O2. The predicted molar refractivity (Wildman–Crippen MR) is 97.8 cm³/mol. The molecule has 0 aliphatic carbocycles. The highest BCUT2D eigenvalue weighted by molar-refractivity contribution is 5.94. The van der Waals surface area contributed by atoms with Gasteiger partial charge in [0.1, 0.15) is 5.75 Å². The van der Waals surface area contributed by atoms with Crippen molar-refractivity contribution in [1.82, 2.24) is 0 Å². The third-order valence-electron chi connectivity index (χ3n) is 4.58. The zero-order valence-electron chi connectivity index (χ0n) is 14.6. The summed E-state index contributed by atoms with van der Waals surface area (Å²) >= 11 is 0. The molecule has 128 valence electrons. The molecule has 5 heteroatoms. The van der Waals surface area contributed by atoms with E-state index in [2.05, 4.69) is 18.3 Å². The van der Waals surface area contributed by atoms with Gasteiger partial charge in [-0.25, -0.2) is 0 Å². The highest BCUT2D eigenvalue weighted by Gasteiger charge is 2.32. The van der Waals surface area contributed by atoms with Crippen molar-refractivity contribution in [3.05, 3.63) is 53.6 Å². The normalized spacial score (nSPS) is 18.9. The van der Waals surface area contributed by atoms with Crippen molar-refractivity contribution in [3.63, 3.8) is 0 Å². The van der Waals surface area contributed by atoms with Crippen molar-refractivity contribution in [2.75, 3.05) is 17.3 Å². The number of rotatable bonds is 3. The molecule has 0 saturated carbocycles. The molecule has 3 rings (SSSR count). The molecule has 1 amide bonds. The summed E-state index contributed by atoms with van der Waals surface area (Å²) in [4.78, 5) is 13.9. The molecule has 2 atom stereocenters. The Balaban J connectivity index is 1.98. The van der Waals surface area contributed by atoms with Crippen molar-refractivity contribution < 1.29 is 9.53 Å². The molecule has 2 aromatic carbocycles. The van der Waals surface area contributed by atoms with Crippen LogP contribution in [0.1, 0.15) is 37.4 Å². The summed E-state index contributed by atoms with van der Waals surface area (Å²) in [5, 5.41) is 12.5. The topological polar surface area (TPSA) is 65.4 Å². The van der Waals surface area contributed by atoms with Crippen LogP contribution in [0, 0.1) is 11.3 Å². The van der Waals surface area contributed by atoms with E-state index in [1.54, 1.807) is 26.2 Å². The van der Waals surface area contributed by atoms with Gasteiger partial charge in [0, 0.05) is 29.9 Å². The third kappa shape index (κ3) is 3.29. The fraction of sp³-hybridized carbons (Fsp3) is 0.300. The average molecular weight is 335 g/mol. The standard InChI is InChI=1S/C20H21N3O2/c1-13-10-19(22-16-6-4-15(12-21)5-7-16)18-11-17(25-3)8-9-20(18)23(13)14(2)24/h4-9,11,13,19,22H,10H2,1-3H3/t13-,19+/m1/s1. The van der Waals surface area contributed by atoms with E-state index in [9.17, 15) is 4.79 Å². The molecule has 1 heterocycles. The lowest BCUT2D eigenvalue weighted by atomic mass is 9.91. The summed E-state index contributed by atoms with van der Waals surface area (Å²) in [7, 11) is 1.64. The Morgan fingerprint density at radius 3 is 2.60 bits per heavy atom. The van der Waals surface area contributed by atoms with E-state index in [0.29, 0.717) is 5.56 Å². The summed E-state index contributed by atoms with van der Waals surface area (Å²) in [5.41, 5.74) is 3.53. The van der Waals surface area contributed by atoms with E-state index < -0.39 is 0 Å². The van der Waals surface area contributed by atoms with Gasteiger partial charge in [-0.2, -0.15) is 5.26 Å². The zero-order valence-corrected chi connectivity index (χ0v) is 14.6. The van der Waals surface area contributed by atoms with E-state index in [4.69, 9.17) is 10.00 Å². The largest absolute Gasteiger partial charge is 0.497 e. The van der Waals surface area contributed by atoms with Gasteiger partial charge in [-0.05, 0) is 55.8 Å². The van der Waals surface area contributed by atoms with Crippen molar-refractivity contribution >= 4 is 17.3 Å². The van der Waals surface area contributed by atoms with Gasteiger partial charge in [0.25, 0.3) is 0 Å². The molecule has 1 N–H and O–H groups in total. The second kappa shape index (κ2) is 6.86. The summed E-state index contributed by atoms with van der Waals surface area (Å²) in [5.74, 6) is 0.805. The third-order valence-corrected chi connectivity index (χ3v) is 4.58. The molecule has 25 heavy (non-hydrogen) atoms. The SMILES string of the molecule is COc1ccc2c(c1)[C@@H](Nc1ccc(C#N)cc1)C[C@@H](C)N2C(C)=O. The van der Waals surface area contributed by atoms with Crippen LogP contribution in [-0.4, -0.2) is 19.1 Å². The first-order valence-electron chi connectivity index (χ1n) is 8.28. The van der Waals surface area contributed by atoms with E-state index in [0.717, 1.165) is 29.1 Å². The number of ether oxygens (including phenoxy) is 1. The number of amides is 1. The van der Waals surface area contributed by atoms with E-state index >= 15 is 0 Å². The molecule has 1 aliphatic heterocycles. The molecule has 1 aliphatic rings. The van der Waals surface area contributed by atoms with Crippen LogP contribution < -0.4 is 15.0 Å². The van der Waals surface area contributed by atoms with E-state index in [-0.39, 0.29) is 18.0 Å². The van der Waals surface area contributed by atoms with Gasteiger partial charge in [-0.15, -0.1) is 0 Å². The maximum atomic E-state index is 12.1. The van der Waals surface area contributed by atoms with Crippen molar-refractivity contribution in [1.29, 1.82) is 5.26 Å². The number of hydrogen-bond acceptors (Lipinski definition) is 4. The van der Waals surface area contributed by atoms with Crippen LogP contribution in [0.5, 0.6) is 5.75 Å². The van der Waals surface area contributed by atoms with Crippen molar-refractivity contribution in [2.24, 2.45) is 0 Å². The second-order valence-corrected chi connectivity index (χ2v) is 6.28. The summed E-state index contributed by atoms with van der Waals surface area (Å²) < 4.78 is 5.36. The highest BCUT2D eigenvalue weighted by Crippen LogP contribution is 2.40. The van der Waals surface area contributed by atoms with E-state index in [1.807, 2.05) is 35.2 Å². The molecular weight excluding hydrogens is 314 g/mol. The number of nitrogens with one attached hydrogen (secondary N) is 1. The van der Waals surface area contributed by atoms with Crippen LogP contribution in [-0.2, 0) is 4.79 Å². The smallest absolute Gasteiger partial charge is 0.224 e. The van der Waals surface area contributed by atoms with Crippen LogP contribution >= 0.6 is 0 Å². The minimum Gasteiger partial charge on any atom is -0.497 e. The van der Waals surface area contributed by atoms with Gasteiger partial charge in [0.15, 0.2) is 0 Å². The van der Waals surface area contributed by atoms with Crippen LogP contribution in [0.3, 0.4) is 0 Å². The Morgan fingerprint density at radius 2 is 2.00 bits per heavy atom. The molecule has 0 aromatic heterocycles. The molecule has 0 bridgehead atoms. The molecule has 0 unspecified atom stereocenters. The zero-order chi connectivity index (χ0) is 18.0. The number of carbonyl (C=O) groups excluding carboxylic acids is 1. The van der Waals surface area contributed by atoms with Crippen molar-refractivity contribution in [2.45, 2.75) is 32.4 Å². The molecule has 0 spiro atoms. The number of nitrogens with zero attached hydrogens (tertiary/aromatic N) is 2. The maximum absolute atomic E-state index is 12.1. The fourth-order valence-corrected chi connectivity index (χ4v) is 3.43. The average Bonchev–Trinajstić information content (AvgIpc) is 2.61. The Labute approximate surface area is 147 Å². The van der Waals surface area contributed by atoms with Gasteiger partial charge >= 0.3 is 0 Å². The number of benzene rings is 2. The lowest BCUT2D eigenvalue weighted by Crippen LogP contribution is -2.43. The fourth-order valence-electron chi connectivity index (χ4n) is 3.43. The lowest BCUT2D eigenvalue weighted by molar-refractivity contribution is -0.117. The van der Waals surface area contributed by atoms with Gasteiger partial charge in [-0.3, -0.25) is 4.79 Å². The first-order chi connectivity index (χ1) is 12.0. The van der Waals surface area contributed by atoms with Gasteiger partial charge in [0.2, 0.25) is 5.91 Å². The summed E-state index contributed by atoms with van der Waals surface area (Å²) in [6.45, 7) is 3.65. The molecule has 2 aromatic rings. The predicted octanol–water partition coefficient (Wildman–Crippen LogP) is 3.87. The second-order valence-electron chi connectivity index (χ2n) is 6.28. The van der Waals surface area contributed by atoms with Gasteiger partial charge in [-0.1, -0.05) is 0 Å². The number of carbonyl (C=O) groups is 1. The number of fused-ring (bicyclic) bond motifs is 1. The Kier molecular flexibility index (Phi) is 4.62. The molecule has 5 nitrogen and oxygen atoms in total. The monoisotopic (exact) mass is 335 g/mol. The number of hydrogen-bond donors (Lipinski definition) is 1. The Bertz CT molecular complexity index is 824. The number of nitriles is 1.